The lowest BCUT2D eigenvalue weighted by Crippen LogP contribution is -2.51. The summed E-state index contributed by atoms with van der Waals surface area (Å²) in [7, 11) is -2.27. The molecule has 0 heterocycles. The van der Waals surface area contributed by atoms with Crippen molar-refractivity contribution in [2.45, 2.75) is 50.7 Å². The predicted molar refractivity (Wildman–Crippen MR) is 160 cm³/mol. The lowest BCUT2D eigenvalue weighted by Gasteiger charge is -2.31. The lowest BCUT2D eigenvalue weighted by molar-refractivity contribution is -0.122. The normalized spacial score (nSPS) is 13.8. The zero-order valence-corrected chi connectivity index (χ0v) is 24.4. The van der Waals surface area contributed by atoms with Crippen LogP contribution in [0.25, 0.3) is 0 Å². The van der Waals surface area contributed by atoms with Gasteiger partial charge in [-0.1, -0.05) is 80.1 Å². The van der Waals surface area contributed by atoms with E-state index in [2.05, 4.69) is 10.3 Å². The number of rotatable bonds is 13. The van der Waals surface area contributed by atoms with E-state index in [1.165, 1.54) is 4.31 Å². The minimum atomic E-state index is -3.87. The number of nitrogens with two attached hydrogens (primary N) is 1. The molecule has 3 rings (SSSR count). The van der Waals surface area contributed by atoms with Gasteiger partial charge in [0.2, 0.25) is 15.9 Å². The third kappa shape index (κ3) is 8.74. The summed E-state index contributed by atoms with van der Waals surface area (Å²) in [6.07, 6.45) is -0.749. The Morgan fingerprint density at radius 2 is 1.62 bits per heavy atom. The fourth-order valence-corrected chi connectivity index (χ4v) is 6.06. The summed E-state index contributed by atoms with van der Waals surface area (Å²) in [4.78, 5) is 17.3. The van der Waals surface area contributed by atoms with Crippen molar-refractivity contribution >= 4 is 21.8 Å². The van der Waals surface area contributed by atoms with Crippen LogP contribution in [0.15, 0.2) is 88.8 Å². The van der Waals surface area contributed by atoms with Crippen LogP contribution in [0.5, 0.6) is 0 Å². The van der Waals surface area contributed by atoms with Gasteiger partial charge in [0, 0.05) is 25.7 Å². The average Bonchev–Trinajstić information content (AvgIpc) is 2.92. The molecule has 8 nitrogen and oxygen atoms in total. The third-order valence-electron chi connectivity index (χ3n) is 6.56. The molecule has 0 spiro atoms. The van der Waals surface area contributed by atoms with Gasteiger partial charge in [0.05, 0.1) is 23.5 Å². The van der Waals surface area contributed by atoms with Crippen LogP contribution in [-0.2, 0) is 27.7 Å². The fourth-order valence-electron chi connectivity index (χ4n) is 4.44. The second kappa shape index (κ2) is 14.2. The van der Waals surface area contributed by atoms with E-state index in [0.717, 1.165) is 22.3 Å². The van der Waals surface area contributed by atoms with Gasteiger partial charge in [-0.15, -0.1) is 0 Å². The summed E-state index contributed by atoms with van der Waals surface area (Å²) in [6.45, 7) is 5.82. The minimum Gasteiger partial charge on any atom is -0.390 e. The quantitative estimate of drug-likeness (QED) is 0.217. The average molecular weight is 565 g/mol. The van der Waals surface area contributed by atoms with Crippen LogP contribution in [0, 0.1) is 12.8 Å². The summed E-state index contributed by atoms with van der Waals surface area (Å²) >= 11 is 0. The van der Waals surface area contributed by atoms with Crippen LogP contribution in [0.1, 0.15) is 36.1 Å². The van der Waals surface area contributed by atoms with E-state index in [9.17, 15) is 18.3 Å². The highest BCUT2D eigenvalue weighted by Crippen LogP contribution is 2.20. The molecule has 0 radical (unpaired) electrons. The van der Waals surface area contributed by atoms with Crippen molar-refractivity contribution in [3.63, 3.8) is 0 Å². The summed E-state index contributed by atoms with van der Waals surface area (Å²) in [6, 6.07) is 22.7. The van der Waals surface area contributed by atoms with Crippen molar-refractivity contribution in [1.82, 2.24) is 9.62 Å². The Bertz CT molecular complexity index is 1390. The maximum absolute atomic E-state index is 13.6. The van der Waals surface area contributed by atoms with E-state index in [1.54, 1.807) is 31.3 Å². The molecule has 0 saturated heterocycles. The topological polar surface area (TPSA) is 125 Å². The van der Waals surface area contributed by atoms with Gasteiger partial charge in [-0.25, -0.2) is 8.42 Å². The number of amidine groups is 1. The van der Waals surface area contributed by atoms with E-state index in [1.807, 2.05) is 75.4 Å². The zero-order valence-electron chi connectivity index (χ0n) is 23.6. The molecule has 0 fully saturated rings. The Balaban J connectivity index is 1.84. The molecule has 0 bridgehead atoms. The van der Waals surface area contributed by atoms with Gasteiger partial charge >= 0.3 is 0 Å². The van der Waals surface area contributed by atoms with E-state index in [4.69, 9.17) is 5.73 Å². The SMILES string of the molecule is CN=C(N)c1cccc(CC(=O)NC(Cc2ccccc2)C(O)CN(CC(C)C)S(=O)(=O)c2ccc(C)cc2)c1. The zero-order chi connectivity index (χ0) is 29.3. The minimum absolute atomic E-state index is 0.0287. The van der Waals surface area contributed by atoms with Crippen molar-refractivity contribution in [3.8, 4) is 0 Å². The van der Waals surface area contributed by atoms with Crippen LogP contribution < -0.4 is 11.1 Å². The molecule has 0 aliphatic heterocycles. The Hall–Kier alpha value is -3.53. The van der Waals surface area contributed by atoms with Crippen LogP contribution >= 0.6 is 0 Å². The predicted octanol–water partition coefficient (Wildman–Crippen LogP) is 3.31. The van der Waals surface area contributed by atoms with Gasteiger partial charge in [-0.3, -0.25) is 9.79 Å². The van der Waals surface area contributed by atoms with Gasteiger partial charge in [0.1, 0.15) is 5.84 Å². The second-order valence-corrected chi connectivity index (χ2v) is 12.4. The van der Waals surface area contributed by atoms with Crippen molar-refractivity contribution in [2.75, 3.05) is 20.1 Å². The molecule has 3 aromatic rings. The van der Waals surface area contributed by atoms with E-state index in [-0.39, 0.29) is 36.2 Å². The number of aryl methyl sites for hydroxylation is 1. The summed E-state index contributed by atoms with van der Waals surface area (Å²) in [5.41, 5.74) is 9.27. The number of aliphatic hydroxyl groups excluding tert-OH is 1. The monoisotopic (exact) mass is 564 g/mol. The van der Waals surface area contributed by atoms with E-state index >= 15 is 0 Å². The molecule has 2 atom stereocenters. The number of amides is 1. The molecule has 4 N–H and O–H groups in total. The highest BCUT2D eigenvalue weighted by atomic mass is 32.2. The largest absolute Gasteiger partial charge is 0.390 e. The lowest BCUT2D eigenvalue weighted by atomic mass is 10.00. The first-order chi connectivity index (χ1) is 19.0. The summed E-state index contributed by atoms with van der Waals surface area (Å²) < 4.78 is 28.5. The molecule has 0 aliphatic carbocycles. The maximum atomic E-state index is 13.6. The van der Waals surface area contributed by atoms with Crippen LogP contribution in [0.4, 0.5) is 0 Å². The van der Waals surface area contributed by atoms with Crippen LogP contribution in [0.2, 0.25) is 0 Å². The second-order valence-electron chi connectivity index (χ2n) is 10.4. The number of nitrogens with one attached hydrogen (secondary N) is 1. The molecule has 1 amide bonds. The first-order valence-corrected chi connectivity index (χ1v) is 14.8. The molecule has 40 heavy (non-hydrogen) atoms. The highest BCUT2D eigenvalue weighted by Gasteiger charge is 2.31. The molecule has 2 unspecified atom stereocenters. The Kier molecular flexibility index (Phi) is 11.0. The number of hydrogen-bond acceptors (Lipinski definition) is 5. The third-order valence-corrected chi connectivity index (χ3v) is 8.40. The van der Waals surface area contributed by atoms with Crippen LogP contribution in [-0.4, -0.2) is 61.9 Å². The molecular formula is C31H40N4O4S. The first kappa shape index (κ1) is 31.0. The number of aliphatic imine (C=N–C) groups is 1. The van der Waals surface area contributed by atoms with Crippen molar-refractivity contribution in [2.24, 2.45) is 16.6 Å². The smallest absolute Gasteiger partial charge is 0.243 e. The first-order valence-electron chi connectivity index (χ1n) is 13.4. The van der Waals surface area contributed by atoms with E-state index < -0.39 is 22.2 Å². The van der Waals surface area contributed by atoms with Gasteiger partial charge in [-0.2, -0.15) is 4.31 Å². The van der Waals surface area contributed by atoms with Gasteiger partial charge in [0.25, 0.3) is 0 Å². The highest BCUT2D eigenvalue weighted by molar-refractivity contribution is 7.89. The van der Waals surface area contributed by atoms with Gasteiger partial charge in [-0.05, 0) is 48.6 Å². The number of carbonyl (C=O) groups excluding carboxylic acids is 1. The molecule has 0 saturated carbocycles. The van der Waals surface area contributed by atoms with Crippen LogP contribution in [0.3, 0.4) is 0 Å². The molecule has 214 valence electrons. The maximum Gasteiger partial charge on any atom is 0.243 e. The number of benzene rings is 3. The summed E-state index contributed by atoms with van der Waals surface area (Å²) in [5, 5.41) is 14.4. The molecule has 0 aliphatic rings. The Morgan fingerprint density at radius 3 is 2.25 bits per heavy atom. The Morgan fingerprint density at radius 1 is 0.975 bits per heavy atom. The van der Waals surface area contributed by atoms with E-state index in [0.29, 0.717) is 12.3 Å². The number of aliphatic hydroxyl groups is 1. The van der Waals surface area contributed by atoms with Crippen molar-refractivity contribution < 1.29 is 18.3 Å². The summed E-state index contributed by atoms with van der Waals surface area (Å²) in [5.74, 6) is 0.113. The number of hydrogen-bond donors (Lipinski definition) is 3. The van der Waals surface area contributed by atoms with Crippen molar-refractivity contribution in [3.05, 3.63) is 101 Å². The number of nitrogens with zero attached hydrogens (tertiary/aromatic N) is 2. The van der Waals surface area contributed by atoms with Gasteiger partial charge in [0.15, 0.2) is 0 Å². The molecule has 3 aromatic carbocycles. The molecular weight excluding hydrogens is 524 g/mol. The van der Waals surface area contributed by atoms with Crippen molar-refractivity contribution in [1.29, 1.82) is 0 Å². The molecule has 9 heteroatoms. The standard InChI is InChI=1S/C31H40N4O4S/c1-22(2)20-35(40(38,39)27-15-13-23(3)14-16-27)21-29(36)28(18-24-9-6-5-7-10-24)34-30(37)19-25-11-8-12-26(17-25)31(32)33-4/h5-17,22,28-29,36H,18-21H2,1-4H3,(H2,32,33)(H,34,37). The number of sulfonamides is 1. The number of carbonyl (C=O) groups is 1. The Labute approximate surface area is 238 Å². The fraction of sp³-hybridized carbons (Fsp3) is 0.355. The molecule has 0 aromatic heterocycles. The van der Waals surface area contributed by atoms with Gasteiger partial charge < -0.3 is 16.2 Å².